The van der Waals surface area contributed by atoms with Gasteiger partial charge in [0.25, 0.3) is 0 Å². The zero-order chi connectivity index (χ0) is 25.2. The molecule has 0 aliphatic heterocycles. The molecule has 2 aromatic carbocycles. The van der Waals surface area contributed by atoms with Crippen molar-refractivity contribution in [2.24, 2.45) is 0 Å². The van der Waals surface area contributed by atoms with Gasteiger partial charge in [0, 0.05) is 24.8 Å². The maximum absolute atomic E-state index is 12.8. The molecule has 2 aromatic rings. The van der Waals surface area contributed by atoms with Crippen LogP contribution in [0.4, 0.5) is 4.79 Å². The van der Waals surface area contributed by atoms with Gasteiger partial charge in [-0.05, 0) is 54.9 Å². The van der Waals surface area contributed by atoms with E-state index >= 15 is 0 Å². The third-order valence-electron chi connectivity index (χ3n) is 6.15. The molecule has 0 saturated carbocycles. The van der Waals surface area contributed by atoms with Crippen molar-refractivity contribution >= 4 is 18.0 Å². The van der Waals surface area contributed by atoms with Crippen LogP contribution >= 0.6 is 0 Å². The number of unbranched alkanes of at least 4 members (excludes halogenated alkanes) is 1. The first-order chi connectivity index (χ1) is 16.9. The number of rotatable bonds is 12. The molecule has 2 unspecified atom stereocenters. The fourth-order valence-corrected chi connectivity index (χ4v) is 4.41. The molecule has 0 bridgehead atoms. The van der Waals surface area contributed by atoms with E-state index in [9.17, 15) is 14.4 Å². The Bertz CT molecular complexity index is 1050. The summed E-state index contributed by atoms with van der Waals surface area (Å²) in [5.41, 5.74) is 4.45. The number of hydrogen-bond acceptors (Lipinski definition) is 5. The molecule has 0 fully saturated rings. The third kappa shape index (κ3) is 7.06. The summed E-state index contributed by atoms with van der Waals surface area (Å²) < 4.78 is 5.56. The summed E-state index contributed by atoms with van der Waals surface area (Å²) in [6.07, 6.45) is 1.30. The fourth-order valence-electron chi connectivity index (χ4n) is 4.41. The second kappa shape index (κ2) is 12.6. The van der Waals surface area contributed by atoms with E-state index in [1.807, 2.05) is 42.5 Å². The molecule has 8 nitrogen and oxygen atoms in total. The number of nitrogens with one attached hydrogen (secondary N) is 2. The number of carbonyl (C=O) groups is 3. The monoisotopic (exact) mass is 477 g/mol. The number of benzene rings is 2. The molecule has 0 radical (unpaired) electrons. The van der Waals surface area contributed by atoms with Crippen LogP contribution in [0, 0.1) is 11.3 Å². The SMILES string of the molecule is CC(CCCC(=O)O)NC(=O)C(CCCC#N)NC(=O)OCC1c2ccccc2-c2ccccc21. The Morgan fingerprint density at radius 3 is 2.23 bits per heavy atom. The molecular formula is C27H31N3O5. The quantitative estimate of drug-likeness (QED) is 0.390. The van der Waals surface area contributed by atoms with Crippen LogP contribution in [-0.4, -0.2) is 41.8 Å². The first-order valence-corrected chi connectivity index (χ1v) is 11.9. The van der Waals surface area contributed by atoms with Crippen LogP contribution in [0.25, 0.3) is 11.1 Å². The van der Waals surface area contributed by atoms with Crippen LogP contribution in [0.15, 0.2) is 48.5 Å². The van der Waals surface area contributed by atoms with Gasteiger partial charge in [-0.15, -0.1) is 0 Å². The second-order valence-electron chi connectivity index (χ2n) is 8.77. The number of ether oxygens (including phenoxy) is 1. The molecular weight excluding hydrogens is 446 g/mol. The zero-order valence-corrected chi connectivity index (χ0v) is 19.8. The van der Waals surface area contributed by atoms with Crippen LogP contribution in [0.3, 0.4) is 0 Å². The van der Waals surface area contributed by atoms with Gasteiger partial charge in [-0.25, -0.2) is 4.79 Å². The summed E-state index contributed by atoms with van der Waals surface area (Å²) in [6.45, 7) is 1.93. The third-order valence-corrected chi connectivity index (χ3v) is 6.15. The van der Waals surface area contributed by atoms with Crippen molar-refractivity contribution in [1.29, 1.82) is 5.26 Å². The average Bonchev–Trinajstić information content (AvgIpc) is 3.15. The molecule has 2 amide bonds. The average molecular weight is 478 g/mol. The summed E-state index contributed by atoms with van der Waals surface area (Å²) in [4.78, 5) is 36.1. The van der Waals surface area contributed by atoms with Crippen molar-refractivity contribution in [3.8, 4) is 17.2 Å². The summed E-state index contributed by atoms with van der Waals surface area (Å²) in [6, 6.07) is 17.0. The number of carboxylic acid groups (broad SMARTS) is 1. The first kappa shape index (κ1) is 25.8. The Balaban J connectivity index is 1.59. The van der Waals surface area contributed by atoms with Crippen LogP contribution in [-0.2, 0) is 14.3 Å². The molecule has 1 aliphatic rings. The van der Waals surface area contributed by atoms with Crippen LogP contribution in [0.1, 0.15) is 62.5 Å². The smallest absolute Gasteiger partial charge is 0.407 e. The number of fused-ring (bicyclic) bond motifs is 3. The summed E-state index contributed by atoms with van der Waals surface area (Å²) in [5, 5.41) is 23.1. The predicted octanol–water partition coefficient (Wildman–Crippen LogP) is 4.35. The van der Waals surface area contributed by atoms with Gasteiger partial charge < -0.3 is 20.5 Å². The van der Waals surface area contributed by atoms with E-state index < -0.39 is 18.1 Å². The van der Waals surface area contributed by atoms with E-state index in [1.54, 1.807) is 6.92 Å². The molecule has 8 heteroatoms. The van der Waals surface area contributed by atoms with Gasteiger partial charge in [-0.2, -0.15) is 5.26 Å². The lowest BCUT2D eigenvalue weighted by molar-refractivity contribution is -0.137. The molecule has 2 atom stereocenters. The summed E-state index contributed by atoms with van der Waals surface area (Å²) >= 11 is 0. The Kier molecular flexibility index (Phi) is 9.24. The normalized spacial score (nSPS) is 13.6. The van der Waals surface area contributed by atoms with Crippen LogP contribution < -0.4 is 10.6 Å². The van der Waals surface area contributed by atoms with E-state index in [-0.39, 0.29) is 37.3 Å². The number of alkyl carbamates (subject to hydrolysis) is 1. The first-order valence-electron chi connectivity index (χ1n) is 11.9. The maximum atomic E-state index is 12.8. The van der Waals surface area contributed by atoms with Gasteiger partial charge in [0.05, 0.1) is 6.07 Å². The van der Waals surface area contributed by atoms with Gasteiger partial charge in [0.2, 0.25) is 5.91 Å². The highest BCUT2D eigenvalue weighted by atomic mass is 16.5. The topological polar surface area (TPSA) is 129 Å². The van der Waals surface area contributed by atoms with E-state index in [1.165, 1.54) is 0 Å². The fraction of sp³-hybridized carbons (Fsp3) is 0.407. The number of carbonyl (C=O) groups excluding carboxylic acids is 2. The highest BCUT2D eigenvalue weighted by Crippen LogP contribution is 2.44. The molecule has 0 saturated heterocycles. The Hall–Kier alpha value is -3.86. The maximum Gasteiger partial charge on any atom is 0.407 e. The number of nitriles is 1. The van der Waals surface area contributed by atoms with E-state index in [0.717, 1.165) is 22.3 Å². The molecule has 184 valence electrons. The highest BCUT2D eigenvalue weighted by Gasteiger charge is 2.30. The van der Waals surface area contributed by atoms with Crippen LogP contribution in [0.5, 0.6) is 0 Å². The number of amides is 2. The number of hydrogen-bond donors (Lipinski definition) is 3. The Morgan fingerprint density at radius 2 is 1.63 bits per heavy atom. The van der Waals surface area contributed by atoms with Crippen LogP contribution in [0.2, 0.25) is 0 Å². The molecule has 0 aromatic heterocycles. The number of aliphatic carboxylic acids is 1. The minimum Gasteiger partial charge on any atom is -0.481 e. The second-order valence-corrected chi connectivity index (χ2v) is 8.77. The number of nitrogens with zero attached hydrogens (tertiary/aromatic N) is 1. The molecule has 0 heterocycles. The zero-order valence-electron chi connectivity index (χ0n) is 19.8. The largest absolute Gasteiger partial charge is 0.481 e. The lowest BCUT2D eigenvalue weighted by Crippen LogP contribution is -2.49. The van der Waals surface area contributed by atoms with Crippen molar-refractivity contribution in [1.82, 2.24) is 10.6 Å². The molecule has 1 aliphatic carbocycles. The predicted molar refractivity (Wildman–Crippen MR) is 131 cm³/mol. The standard InChI is InChI=1S/C27H31N3O5/c1-18(9-8-15-25(31)32)29-26(33)24(14-6-7-16-28)30-27(34)35-17-23-21-12-4-2-10-19(21)20-11-3-5-13-22(20)23/h2-5,10-13,18,23-24H,6-9,14-15,17H2,1H3,(H,29,33)(H,30,34)(H,31,32). The summed E-state index contributed by atoms with van der Waals surface area (Å²) in [5.74, 6) is -1.35. The highest BCUT2D eigenvalue weighted by molar-refractivity contribution is 5.86. The van der Waals surface area contributed by atoms with Crippen molar-refractivity contribution in [2.45, 2.75) is 63.5 Å². The minimum absolute atomic E-state index is 0.0316. The molecule has 0 spiro atoms. The van der Waals surface area contributed by atoms with Gasteiger partial charge in [-0.3, -0.25) is 9.59 Å². The van der Waals surface area contributed by atoms with Gasteiger partial charge >= 0.3 is 12.1 Å². The Labute approximate surface area is 205 Å². The number of carboxylic acids is 1. The van der Waals surface area contributed by atoms with Crippen molar-refractivity contribution in [2.75, 3.05) is 6.61 Å². The van der Waals surface area contributed by atoms with Gasteiger partial charge in [0.1, 0.15) is 12.6 Å². The summed E-state index contributed by atoms with van der Waals surface area (Å²) in [7, 11) is 0. The van der Waals surface area contributed by atoms with Crippen molar-refractivity contribution < 1.29 is 24.2 Å². The van der Waals surface area contributed by atoms with Crippen molar-refractivity contribution in [3.05, 3.63) is 59.7 Å². The molecule has 35 heavy (non-hydrogen) atoms. The van der Waals surface area contributed by atoms with Crippen molar-refractivity contribution in [3.63, 3.8) is 0 Å². The minimum atomic E-state index is -0.880. The van der Waals surface area contributed by atoms with E-state index in [4.69, 9.17) is 15.1 Å². The lowest BCUT2D eigenvalue weighted by atomic mass is 9.98. The van der Waals surface area contributed by atoms with E-state index in [2.05, 4.69) is 22.8 Å². The molecule has 3 N–H and O–H groups in total. The van der Waals surface area contributed by atoms with E-state index in [0.29, 0.717) is 25.7 Å². The van der Waals surface area contributed by atoms with Gasteiger partial charge in [-0.1, -0.05) is 48.5 Å². The Morgan fingerprint density at radius 1 is 1.00 bits per heavy atom. The lowest BCUT2D eigenvalue weighted by Gasteiger charge is -2.22. The van der Waals surface area contributed by atoms with Gasteiger partial charge in [0.15, 0.2) is 0 Å². The molecule has 3 rings (SSSR count).